The van der Waals surface area contributed by atoms with E-state index < -0.39 is 23.3 Å². The Labute approximate surface area is 171 Å². The molecule has 4 aliphatic rings. The van der Waals surface area contributed by atoms with Gasteiger partial charge in [0.05, 0.1) is 17.4 Å². The van der Waals surface area contributed by atoms with Gasteiger partial charge in [-0.05, 0) is 80.0 Å². The van der Waals surface area contributed by atoms with Gasteiger partial charge in [0.15, 0.2) is 5.69 Å². The highest BCUT2D eigenvalue weighted by Gasteiger charge is 2.49. The Bertz CT molecular complexity index is 910. The van der Waals surface area contributed by atoms with Crippen molar-refractivity contribution in [3.05, 3.63) is 46.7 Å². The molecule has 1 heterocycles. The second-order valence-electron chi connectivity index (χ2n) is 8.72. The normalized spacial score (nSPS) is 30.6. The third-order valence-electron chi connectivity index (χ3n) is 6.88. The van der Waals surface area contributed by atoms with Gasteiger partial charge in [0, 0.05) is 11.1 Å². The number of benzene rings is 1. The lowest BCUT2D eigenvalue weighted by molar-refractivity contribution is -0.143. The van der Waals surface area contributed by atoms with Crippen LogP contribution in [-0.2, 0) is 6.18 Å². The van der Waals surface area contributed by atoms with Crippen molar-refractivity contribution in [2.24, 2.45) is 23.7 Å². The number of alkyl halides is 3. The first-order valence-electron chi connectivity index (χ1n) is 10.0. The lowest BCUT2D eigenvalue weighted by Crippen LogP contribution is -2.55. The molecular formula is C21H21ClF3N3O. The predicted molar refractivity (Wildman–Crippen MR) is 102 cm³/mol. The van der Waals surface area contributed by atoms with Crippen molar-refractivity contribution in [1.29, 1.82) is 0 Å². The van der Waals surface area contributed by atoms with E-state index in [9.17, 15) is 18.0 Å². The Kier molecular flexibility index (Phi) is 4.42. The highest BCUT2D eigenvalue weighted by atomic mass is 35.5. The summed E-state index contributed by atoms with van der Waals surface area (Å²) < 4.78 is 42.4. The van der Waals surface area contributed by atoms with Gasteiger partial charge in [-0.3, -0.25) is 4.79 Å². The zero-order chi connectivity index (χ0) is 20.3. The second kappa shape index (κ2) is 6.76. The lowest BCUT2D eigenvalue weighted by Gasteiger charge is -2.54. The van der Waals surface area contributed by atoms with Crippen LogP contribution in [0.4, 0.5) is 13.2 Å². The molecule has 29 heavy (non-hydrogen) atoms. The van der Waals surface area contributed by atoms with Gasteiger partial charge in [-0.2, -0.15) is 18.3 Å². The summed E-state index contributed by atoms with van der Waals surface area (Å²) in [5.41, 5.74) is -1.28. The topological polar surface area (TPSA) is 46.9 Å². The quantitative estimate of drug-likeness (QED) is 0.746. The SMILES string of the molecule is O=C(NC1C2CC3CC(C2)CC1C3)c1cnn(-c2ccc(Cl)cc2)c1C(F)(F)F. The molecule has 6 rings (SSSR count). The number of amides is 1. The van der Waals surface area contributed by atoms with Gasteiger partial charge >= 0.3 is 6.18 Å². The average Bonchev–Trinajstić information content (AvgIpc) is 3.10. The number of hydrogen-bond acceptors (Lipinski definition) is 2. The first-order valence-corrected chi connectivity index (χ1v) is 10.4. The molecule has 4 bridgehead atoms. The van der Waals surface area contributed by atoms with Crippen molar-refractivity contribution in [3.8, 4) is 5.69 Å². The van der Waals surface area contributed by atoms with Crippen LogP contribution < -0.4 is 5.32 Å². The summed E-state index contributed by atoms with van der Waals surface area (Å²) in [7, 11) is 0. The lowest BCUT2D eigenvalue weighted by atomic mass is 9.54. The summed E-state index contributed by atoms with van der Waals surface area (Å²) in [6, 6.07) is 5.85. The number of halogens is 4. The Balaban J connectivity index is 1.45. The van der Waals surface area contributed by atoms with E-state index >= 15 is 0 Å². The Morgan fingerprint density at radius 3 is 2.17 bits per heavy atom. The van der Waals surface area contributed by atoms with Gasteiger partial charge in [0.1, 0.15) is 0 Å². The Morgan fingerprint density at radius 2 is 1.62 bits per heavy atom. The summed E-state index contributed by atoms with van der Waals surface area (Å²) in [6.45, 7) is 0. The standard InChI is InChI=1S/C21H21ClF3N3O/c22-15-1-3-16(4-2-15)28-19(21(23,24)25)17(10-26-28)20(29)27-18-13-6-11-5-12(8-13)9-14(18)7-11/h1-4,10-14,18H,5-9H2,(H,27,29). The zero-order valence-corrected chi connectivity index (χ0v) is 16.4. The highest BCUT2D eigenvalue weighted by molar-refractivity contribution is 6.30. The van der Waals surface area contributed by atoms with Crippen LogP contribution >= 0.6 is 11.6 Å². The van der Waals surface area contributed by atoms with Crippen LogP contribution in [0.3, 0.4) is 0 Å². The van der Waals surface area contributed by atoms with Crippen LogP contribution in [0.5, 0.6) is 0 Å². The number of rotatable bonds is 3. The molecule has 1 N–H and O–H groups in total. The molecule has 0 radical (unpaired) electrons. The fraction of sp³-hybridized carbons (Fsp3) is 0.524. The number of nitrogens with zero attached hydrogens (tertiary/aromatic N) is 2. The minimum atomic E-state index is -4.72. The summed E-state index contributed by atoms with van der Waals surface area (Å²) in [6.07, 6.45) is 1.89. The first-order chi connectivity index (χ1) is 13.8. The van der Waals surface area contributed by atoms with Crippen molar-refractivity contribution in [3.63, 3.8) is 0 Å². The molecule has 1 aromatic heterocycles. The zero-order valence-electron chi connectivity index (χ0n) is 15.6. The largest absolute Gasteiger partial charge is 0.434 e. The molecule has 1 aromatic carbocycles. The van der Waals surface area contributed by atoms with E-state index in [2.05, 4.69) is 10.4 Å². The van der Waals surface area contributed by atoms with E-state index in [0.717, 1.165) is 48.4 Å². The molecule has 2 aromatic rings. The van der Waals surface area contributed by atoms with Crippen LogP contribution in [0, 0.1) is 23.7 Å². The summed E-state index contributed by atoms with van der Waals surface area (Å²) in [5, 5.41) is 7.24. The number of carbonyl (C=O) groups is 1. The van der Waals surface area contributed by atoms with E-state index in [0.29, 0.717) is 16.9 Å². The Hall–Kier alpha value is -2.02. The molecule has 0 saturated heterocycles. The monoisotopic (exact) mass is 423 g/mol. The molecule has 8 heteroatoms. The van der Waals surface area contributed by atoms with Gasteiger partial charge in [-0.25, -0.2) is 4.68 Å². The van der Waals surface area contributed by atoms with E-state index in [-0.39, 0.29) is 11.7 Å². The van der Waals surface area contributed by atoms with Crippen LogP contribution in [0.25, 0.3) is 5.69 Å². The van der Waals surface area contributed by atoms with Crippen molar-refractivity contribution in [1.82, 2.24) is 15.1 Å². The van der Waals surface area contributed by atoms with Gasteiger partial charge in [0.25, 0.3) is 5.91 Å². The van der Waals surface area contributed by atoms with Gasteiger partial charge < -0.3 is 5.32 Å². The molecule has 154 valence electrons. The van der Waals surface area contributed by atoms with Crippen molar-refractivity contribution in [2.75, 3.05) is 0 Å². The summed E-state index contributed by atoms with van der Waals surface area (Å²) >= 11 is 5.84. The minimum Gasteiger partial charge on any atom is -0.349 e. The number of nitrogens with one attached hydrogen (secondary N) is 1. The number of hydrogen-bond donors (Lipinski definition) is 1. The first kappa shape index (κ1) is 19.0. The van der Waals surface area contributed by atoms with Gasteiger partial charge in [-0.1, -0.05) is 11.6 Å². The third-order valence-corrected chi connectivity index (χ3v) is 7.13. The summed E-state index contributed by atoms with van der Waals surface area (Å²) in [4.78, 5) is 12.9. The van der Waals surface area contributed by atoms with Crippen LogP contribution in [0.2, 0.25) is 5.02 Å². The third kappa shape index (κ3) is 3.33. The molecule has 0 aliphatic heterocycles. The second-order valence-corrected chi connectivity index (χ2v) is 9.16. The Morgan fingerprint density at radius 1 is 1.03 bits per heavy atom. The molecule has 1 amide bonds. The van der Waals surface area contributed by atoms with Crippen LogP contribution in [0.1, 0.15) is 48.2 Å². The fourth-order valence-corrected chi connectivity index (χ4v) is 6.08. The van der Waals surface area contributed by atoms with Crippen LogP contribution in [-0.4, -0.2) is 21.7 Å². The smallest absolute Gasteiger partial charge is 0.349 e. The molecule has 4 aliphatic carbocycles. The number of aromatic nitrogens is 2. The number of carbonyl (C=O) groups excluding carboxylic acids is 1. The molecule has 4 fully saturated rings. The molecular weight excluding hydrogens is 403 g/mol. The van der Waals surface area contributed by atoms with Gasteiger partial charge in [-0.15, -0.1) is 0 Å². The maximum atomic E-state index is 13.9. The fourth-order valence-electron chi connectivity index (χ4n) is 5.96. The molecule has 0 atom stereocenters. The van der Waals surface area contributed by atoms with E-state index in [4.69, 9.17) is 11.6 Å². The molecule has 4 nitrogen and oxygen atoms in total. The van der Waals surface area contributed by atoms with E-state index in [1.165, 1.54) is 30.7 Å². The molecule has 0 unspecified atom stereocenters. The predicted octanol–water partition coefficient (Wildman–Crippen LogP) is 5.10. The maximum Gasteiger partial charge on any atom is 0.434 e. The maximum absolute atomic E-state index is 13.9. The van der Waals surface area contributed by atoms with Crippen molar-refractivity contribution >= 4 is 17.5 Å². The average molecular weight is 424 g/mol. The molecule has 4 saturated carbocycles. The van der Waals surface area contributed by atoms with E-state index in [1.807, 2.05) is 0 Å². The van der Waals surface area contributed by atoms with Crippen LogP contribution in [0.15, 0.2) is 30.5 Å². The van der Waals surface area contributed by atoms with E-state index in [1.54, 1.807) is 0 Å². The van der Waals surface area contributed by atoms with Gasteiger partial charge in [0.2, 0.25) is 0 Å². The highest BCUT2D eigenvalue weighted by Crippen LogP contribution is 2.53. The summed E-state index contributed by atoms with van der Waals surface area (Å²) in [5.74, 6) is 1.54. The van der Waals surface area contributed by atoms with Crippen molar-refractivity contribution in [2.45, 2.75) is 44.3 Å². The minimum absolute atomic E-state index is 0.0322. The molecule has 0 spiro atoms. The van der Waals surface area contributed by atoms with Crippen molar-refractivity contribution < 1.29 is 18.0 Å².